The van der Waals surface area contributed by atoms with Gasteiger partial charge in [-0.05, 0) is 0 Å². The predicted molar refractivity (Wildman–Crippen MR) is 87.6 cm³/mol. The van der Waals surface area contributed by atoms with E-state index < -0.39 is 62.7 Å². The van der Waals surface area contributed by atoms with Crippen LogP contribution in [0.5, 0.6) is 0 Å². The molecule has 2 saturated heterocycles. The second-order valence-corrected chi connectivity index (χ2v) is 9.63. The van der Waals surface area contributed by atoms with E-state index in [1.54, 1.807) is 22.6 Å². The van der Waals surface area contributed by atoms with E-state index in [9.17, 15) is 33.8 Å². The van der Waals surface area contributed by atoms with Gasteiger partial charge < -0.3 is 29.6 Å². The van der Waals surface area contributed by atoms with Crippen LogP contribution in [0.3, 0.4) is 0 Å². The number of rotatable bonds is 6. The number of phosphoric acid groups is 2. The summed E-state index contributed by atoms with van der Waals surface area (Å²) < 4.78 is 34.5. The minimum Gasteiger partial charge on any atom is -0.387 e. The van der Waals surface area contributed by atoms with Gasteiger partial charge in [0, 0.05) is 6.54 Å². The molecule has 0 aromatic carbocycles. The van der Waals surface area contributed by atoms with Gasteiger partial charge in [0.05, 0.1) is 6.61 Å². The lowest BCUT2D eigenvalue weighted by molar-refractivity contribution is -0.124. The Labute approximate surface area is 159 Å². The monoisotopic (exact) mass is 532 g/mol. The van der Waals surface area contributed by atoms with Gasteiger partial charge in [-0.25, -0.2) is 13.9 Å². The first kappa shape index (κ1) is 22.1. The van der Waals surface area contributed by atoms with Crippen molar-refractivity contribution < 1.29 is 57.2 Å². The third kappa shape index (κ3) is 5.42. The van der Waals surface area contributed by atoms with Crippen molar-refractivity contribution in [2.45, 2.75) is 28.5 Å². The lowest BCUT2D eigenvalue weighted by atomic mass is 10.1. The Bertz CT molecular complexity index is 671. The number of hydrogen-bond acceptors (Lipinski definition) is 9. The molecule has 0 radical (unpaired) electrons. The standard InChI is InChI=1S/C9H15IN2O12P2/c10-3-1-12(9(16)11-7(3)15)8-6(14)5(13)4(23-8)2-22-26(20,21)24-25(17,18)19/h3-6,8,13-14H,1-2H2,(H,20,21)(H,11,15,16)(H2,17,18,19). The molecule has 6 unspecified atom stereocenters. The number of nitrogens with one attached hydrogen (secondary N) is 1. The number of halogens is 1. The summed E-state index contributed by atoms with van der Waals surface area (Å²) in [6, 6.07) is -0.863. The van der Waals surface area contributed by atoms with Gasteiger partial charge in [-0.15, -0.1) is 0 Å². The molecule has 17 heteroatoms. The lowest BCUT2D eigenvalue weighted by Gasteiger charge is -2.34. The summed E-state index contributed by atoms with van der Waals surface area (Å²) in [7, 11) is -10.5. The number of phosphoric ester groups is 1. The molecule has 0 spiro atoms. The van der Waals surface area contributed by atoms with Crippen molar-refractivity contribution in [3.05, 3.63) is 0 Å². The molecule has 0 aliphatic carbocycles. The van der Waals surface area contributed by atoms with Gasteiger partial charge in [-0.3, -0.25) is 19.5 Å². The van der Waals surface area contributed by atoms with Crippen LogP contribution in [0.4, 0.5) is 4.79 Å². The maximum absolute atomic E-state index is 11.9. The minimum atomic E-state index is -5.32. The number of carbonyl (C=O) groups excluding carboxylic acids is 2. The fourth-order valence-electron chi connectivity index (χ4n) is 2.26. The molecule has 2 aliphatic rings. The molecule has 14 nitrogen and oxygen atoms in total. The quantitative estimate of drug-likeness (QED) is 0.125. The number of urea groups is 1. The fourth-order valence-corrected chi connectivity index (χ4v) is 4.44. The van der Waals surface area contributed by atoms with Crippen LogP contribution < -0.4 is 5.32 Å². The van der Waals surface area contributed by atoms with E-state index in [0.29, 0.717) is 0 Å². The van der Waals surface area contributed by atoms with Crippen LogP contribution >= 0.6 is 38.2 Å². The van der Waals surface area contributed by atoms with Crippen molar-refractivity contribution in [3.63, 3.8) is 0 Å². The maximum Gasteiger partial charge on any atom is 0.481 e. The highest BCUT2D eigenvalue weighted by Gasteiger charge is 2.49. The average Bonchev–Trinajstić information content (AvgIpc) is 2.75. The third-order valence-electron chi connectivity index (χ3n) is 3.39. The number of amides is 3. The first-order valence-electron chi connectivity index (χ1n) is 6.82. The zero-order valence-electron chi connectivity index (χ0n) is 12.6. The van der Waals surface area contributed by atoms with E-state index in [2.05, 4.69) is 8.83 Å². The van der Waals surface area contributed by atoms with Crippen molar-refractivity contribution in [2.24, 2.45) is 0 Å². The Kier molecular flexibility index (Phi) is 6.84. The molecular weight excluding hydrogens is 517 g/mol. The van der Waals surface area contributed by atoms with E-state index >= 15 is 0 Å². The molecule has 150 valence electrons. The van der Waals surface area contributed by atoms with Crippen molar-refractivity contribution >= 4 is 50.2 Å². The zero-order chi connectivity index (χ0) is 19.9. The molecule has 6 atom stereocenters. The van der Waals surface area contributed by atoms with Gasteiger partial charge in [-0.2, -0.15) is 4.31 Å². The van der Waals surface area contributed by atoms with E-state index in [1.165, 1.54) is 0 Å². The molecule has 0 bridgehead atoms. The van der Waals surface area contributed by atoms with Crippen LogP contribution in [0.15, 0.2) is 0 Å². The molecule has 6 N–H and O–H groups in total. The van der Waals surface area contributed by atoms with Crippen LogP contribution in [0.25, 0.3) is 0 Å². The summed E-state index contributed by atoms with van der Waals surface area (Å²) in [5, 5.41) is 22.0. The lowest BCUT2D eigenvalue weighted by Crippen LogP contribution is -2.60. The first-order chi connectivity index (χ1) is 11.8. The topological polar surface area (TPSA) is 212 Å². The molecule has 2 fully saturated rings. The highest BCUT2D eigenvalue weighted by molar-refractivity contribution is 14.1. The van der Waals surface area contributed by atoms with Gasteiger partial charge in [0.2, 0.25) is 5.91 Å². The molecule has 0 aromatic rings. The normalized spacial score (nSPS) is 35.3. The number of alkyl halides is 1. The summed E-state index contributed by atoms with van der Waals surface area (Å²) in [4.78, 5) is 50.4. The second-order valence-electron chi connectivity index (χ2n) is 5.30. The van der Waals surface area contributed by atoms with Gasteiger partial charge in [-0.1, -0.05) is 22.6 Å². The number of nitrogens with zero attached hydrogens (tertiary/aromatic N) is 1. The summed E-state index contributed by atoms with van der Waals surface area (Å²) in [5.74, 6) is -0.532. The molecule has 0 saturated carbocycles. The van der Waals surface area contributed by atoms with Crippen molar-refractivity contribution in [2.75, 3.05) is 13.2 Å². The van der Waals surface area contributed by atoms with Crippen LogP contribution in [0, 0.1) is 0 Å². The smallest absolute Gasteiger partial charge is 0.387 e. The predicted octanol–water partition coefficient (Wildman–Crippen LogP) is -1.99. The highest BCUT2D eigenvalue weighted by atomic mass is 127. The van der Waals surface area contributed by atoms with Crippen LogP contribution in [0.1, 0.15) is 0 Å². The highest BCUT2D eigenvalue weighted by Crippen LogP contribution is 2.57. The SMILES string of the molecule is O=C1NC(=O)N(C2OC(COP(=O)(O)OP(=O)(O)O)C(O)C2O)CC1I. The Morgan fingerprint density at radius 1 is 1.23 bits per heavy atom. The van der Waals surface area contributed by atoms with Gasteiger partial charge in [0.1, 0.15) is 22.2 Å². The number of aliphatic hydroxyl groups is 2. The maximum atomic E-state index is 11.9. The number of carbonyl (C=O) groups is 2. The zero-order valence-corrected chi connectivity index (χ0v) is 16.6. The summed E-state index contributed by atoms with van der Waals surface area (Å²) in [6.45, 7) is -1.00. The van der Waals surface area contributed by atoms with Gasteiger partial charge in [0.25, 0.3) is 0 Å². The molecular formula is C9H15IN2O12P2. The molecule has 0 aromatic heterocycles. The van der Waals surface area contributed by atoms with Crippen molar-refractivity contribution in [1.82, 2.24) is 10.2 Å². The van der Waals surface area contributed by atoms with E-state index in [4.69, 9.17) is 14.5 Å². The van der Waals surface area contributed by atoms with Gasteiger partial charge >= 0.3 is 21.7 Å². The molecule has 26 heavy (non-hydrogen) atoms. The Balaban J connectivity index is 2.01. The second kappa shape index (κ2) is 8.05. The Hall–Kier alpha value is -0.190. The number of imide groups is 1. The molecule has 2 heterocycles. The number of hydrogen-bond donors (Lipinski definition) is 6. The fraction of sp³-hybridized carbons (Fsp3) is 0.778. The summed E-state index contributed by atoms with van der Waals surface area (Å²) in [5.41, 5.74) is 0. The number of ether oxygens (including phenoxy) is 1. The molecule has 3 amide bonds. The summed E-state index contributed by atoms with van der Waals surface area (Å²) >= 11 is 1.76. The van der Waals surface area contributed by atoms with Crippen LogP contribution in [-0.4, -0.2) is 83.3 Å². The Morgan fingerprint density at radius 2 is 1.85 bits per heavy atom. The summed E-state index contributed by atoms with van der Waals surface area (Å²) in [6.07, 6.45) is -6.10. The average molecular weight is 532 g/mol. The third-order valence-corrected chi connectivity index (χ3v) is 6.50. The number of aliphatic hydroxyl groups excluding tert-OH is 2. The Morgan fingerprint density at radius 3 is 2.42 bits per heavy atom. The molecule has 2 rings (SSSR count). The van der Waals surface area contributed by atoms with Crippen LogP contribution in [-0.2, 0) is 27.5 Å². The van der Waals surface area contributed by atoms with Crippen molar-refractivity contribution in [3.8, 4) is 0 Å². The van der Waals surface area contributed by atoms with E-state index in [0.717, 1.165) is 4.90 Å². The molecule has 2 aliphatic heterocycles. The minimum absolute atomic E-state index is 0.118. The first-order valence-corrected chi connectivity index (χ1v) is 11.1. The van der Waals surface area contributed by atoms with Gasteiger partial charge in [0.15, 0.2) is 6.23 Å². The largest absolute Gasteiger partial charge is 0.481 e. The van der Waals surface area contributed by atoms with E-state index in [-0.39, 0.29) is 6.54 Å². The van der Waals surface area contributed by atoms with Crippen LogP contribution in [0.2, 0.25) is 0 Å². The van der Waals surface area contributed by atoms with E-state index in [1.807, 2.05) is 5.32 Å². The van der Waals surface area contributed by atoms with Crippen molar-refractivity contribution in [1.29, 1.82) is 0 Å².